The van der Waals surface area contributed by atoms with Gasteiger partial charge in [0.15, 0.2) is 29.1 Å². The first kappa shape index (κ1) is 16.4. The molecule has 8 heteroatoms. The second-order valence-corrected chi connectivity index (χ2v) is 5.69. The van der Waals surface area contributed by atoms with Crippen molar-refractivity contribution in [2.75, 3.05) is 0 Å². The summed E-state index contributed by atoms with van der Waals surface area (Å²) >= 11 is 0. The van der Waals surface area contributed by atoms with E-state index < -0.39 is 40.8 Å². The summed E-state index contributed by atoms with van der Waals surface area (Å²) in [6.07, 6.45) is 3.16. The van der Waals surface area contributed by atoms with Crippen LogP contribution in [-0.4, -0.2) is 15.9 Å². The van der Waals surface area contributed by atoms with E-state index in [0.29, 0.717) is 17.6 Å². The molecule has 1 heterocycles. The normalized spacial score (nSPS) is 15.2. The first-order valence-corrected chi connectivity index (χ1v) is 7.32. The summed E-state index contributed by atoms with van der Waals surface area (Å²) in [5, 5.41) is 2.49. The standard InChI is InChI=1S/C16H13F4N3O/c1-7-4-5-21-15(22-7)14(8-2-3-8)23-16(24)9-6-10(17)12(19)13(20)11(9)18/h4-6,8,14H,2-3H2,1H3,(H,23,24)/t14-/m1/s1. The van der Waals surface area contributed by atoms with Gasteiger partial charge < -0.3 is 5.32 Å². The predicted molar refractivity (Wildman–Crippen MR) is 76.0 cm³/mol. The fourth-order valence-electron chi connectivity index (χ4n) is 2.40. The summed E-state index contributed by atoms with van der Waals surface area (Å²) in [6.45, 7) is 1.75. The second-order valence-electron chi connectivity index (χ2n) is 5.69. The van der Waals surface area contributed by atoms with Gasteiger partial charge in [-0.25, -0.2) is 27.5 Å². The molecule has 1 N–H and O–H groups in total. The van der Waals surface area contributed by atoms with Crippen molar-refractivity contribution in [2.24, 2.45) is 5.92 Å². The Morgan fingerprint density at radius 3 is 2.54 bits per heavy atom. The number of hydrogen-bond acceptors (Lipinski definition) is 3. The minimum absolute atomic E-state index is 0.0638. The van der Waals surface area contributed by atoms with Gasteiger partial charge >= 0.3 is 0 Å². The molecule has 1 aliphatic carbocycles. The summed E-state index contributed by atoms with van der Waals surface area (Å²) in [5.41, 5.74) is -0.213. The largest absolute Gasteiger partial charge is 0.342 e. The van der Waals surface area contributed by atoms with Crippen LogP contribution in [0.3, 0.4) is 0 Å². The lowest BCUT2D eigenvalue weighted by Gasteiger charge is -2.17. The molecule has 0 saturated heterocycles. The van der Waals surface area contributed by atoms with Gasteiger partial charge in [-0.15, -0.1) is 0 Å². The number of benzene rings is 1. The molecule has 1 aromatic heterocycles. The van der Waals surface area contributed by atoms with Crippen LogP contribution in [0.25, 0.3) is 0 Å². The molecule has 4 nitrogen and oxygen atoms in total. The third kappa shape index (κ3) is 3.08. The first-order chi connectivity index (χ1) is 11.4. The first-order valence-electron chi connectivity index (χ1n) is 7.32. The highest BCUT2D eigenvalue weighted by Gasteiger charge is 2.36. The molecule has 1 atom stereocenters. The number of rotatable bonds is 4. The molecule has 1 fully saturated rings. The highest BCUT2D eigenvalue weighted by atomic mass is 19.2. The molecule has 24 heavy (non-hydrogen) atoms. The van der Waals surface area contributed by atoms with Crippen LogP contribution in [0, 0.1) is 36.1 Å². The maximum Gasteiger partial charge on any atom is 0.255 e. The van der Waals surface area contributed by atoms with E-state index in [0.717, 1.165) is 12.8 Å². The molecule has 0 radical (unpaired) electrons. The minimum atomic E-state index is -2.02. The molecule has 1 aromatic carbocycles. The predicted octanol–water partition coefficient (Wildman–Crippen LogP) is 3.22. The average molecular weight is 339 g/mol. The quantitative estimate of drug-likeness (QED) is 0.529. The number of halogens is 4. The SMILES string of the molecule is Cc1ccnc([C@H](NC(=O)c2cc(F)c(F)c(F)c2F)C2CC2)n1. The van der Waals surface area contributed by atoms with Crippen LogP contribution in [0.15, 0.2) is 18.3 Å². The van der Waals surface area contributed by atoms with Crippen LogP contribution in [0.5, 0.6) is 0 Å². The molecule has 0 unspecified atom stereocenters. The number of hydrogen-bond donors (Lipinski definition) is 1. The Labute approximate surface area is 134 Å². The van der Waals surface area contributed by atoms with E-state index in [4.69, 9.17) is 0 Å². The van der Waals surface area contributed by atoms with Crippen molar-refractivity contribution in [1.82, 2.24) is 15.3 Å². The number of amides is 1. The highest BCUT2D eigenvalue weighted by Crippen LogP contribution is 2.40. The zero-order valence-electron chi connectivity index (χ0n) is 12.6. The molecule has 126 valence electrons. The smallest absolute Gasteiger partial charge is 0.255 e. The van der Waals surface area contributed by atoms with Crippen molar-refractivity contribution in [3.8, 4) is 0 Å². The lowest BCUT2D eigenvalue weighted by Crippen LogP contribution is -2.32. The minimum Gasteiger partial charge on any atom is -0.342 e. The Kier molecular flexibility index (Phi) is 4.21. The van der Waals surface area contributed by atoms with Gasteiger partial charge in [0.1, 0.15) is 0 Å². The van der Waals surface area contributed by atoms with Crippen LogP contribution in [0.2, 0.25) is 0 Å². The van der Waals surface area contributed by atoms with Crippen LogP contribution in [-0.2, 0) is 0 Å². The number of carbonyl (C=O) groups is 1. The van der Waals surface area contributed by atoms with E-state index >= 15 is 0 Å². The zero-order chi connectivity index (χ0) is 17.4. The molecular weight excluding hydrogens is 326 g/mol. The molecule has 1 aliphatic rings. The summed E-state index contributed by atoms with van der Waals surface area (Å²) in [6, 6.07) is 1.41. The van der Waals surface area contributed by atoms with E-state index in [1.165, 1.54) is 6.20 Å². The molecule has 0 bridgehead atoms. The molecule has 3 rings (SSSR count). The fraction of sp³-hybridized carbons (Fsp3) is 0.312. The van der Waals surface area contributed by atoms with Gasteiger partial charge in [0, 0.05) is 11.9 Å². The molecule has 0 spiro atoms. The van der Waals surface area contributed by atoms with Gasteiger partial charge in [-0.05, 0) is 37.8 Å². The van der Waals surface area contributed by atoms with E-state index in [1.54, 1.807) is 13.0 Å². The third-order valence-corrected chi connectivity index (χ3v) is 3.82. The van der Waals surface area contributed by atoms with E-state index in [9.17, 15) is 22.4 Å². The third-order valence-electron chi connectivity index (χ3n) is 3.82. The average Bonchev–Trinajstić information content (AvgIpc) is 3.38. The summed E-state index contributed by atoms with van der Waals surface area (Å²) in [7, 11) is 0. The van der Waals surface area contributed by atoms with Crippen molar-refractivity contribution in [2.45, 2.75) is 25.8 Å². The molecule has 0 aliphatic heterocycles. The van der Waals surface area contributed by atoms with Crippen molar-refractivity contribution in [3.05, 3.63) is 58.7 Å². The van der Waals surface area contributed by atoms with E-state index in [1.807, 2.05) is 0 Å². The van der Waals surface area contributed by atoms with Crippen molar-refractivity contribution < 1.29 is 22.4 Å². The van der Waals surface area contributed by atoms with Gasteiger partial charge in [0.05, 0.1) is 11.6 Å². The van der Waals surface area contributed by atoms with Crippen LogP contribution in [0.4, 0.5) is 17.6 Å². The molecular formula is C16H13F4N3O. The Morgan fingerprint density at radius 2 is 1.92 bits per heavy atom. The van der Waals surface area contributed by atoms with Crippen LogP contribution < -0.4 is 5.32 Å². The maximum absolute atomic E-state index is 13.8. The Balaban J connectivity index is 1.90. The molecule has 1 saturated carbocycles. The topological polar surface area (TPSA) is 54.9 Å². The molecule has 2 aromatic rings. The number of carbonyl (C=O) groups excluding carboxylic acids is 1. The van der Waals surface area contributed by atoms with Crippen molar-refractivity contribution in [1.29, 1.82) is 0 Å². The number of aryl methyl sites for hydroxylation is 1. The number of nitrogens with one attached hydrogen (secondary N) is 1. The summed E-state index contributed by atoms with van der Waals surface area (Å²) < 4.78 is 53.3. The van der Waals surface area contributed by atoms with E-state index in [-0.39, 0.29) is 5.92 Å². The second kappa shape index (κ2) is 6.18. The van der Waals surface area contributed by atoms with Crippen molar-refractivity contribution in [3.63, 3.8) is 0 Å². The Bertz CT molecular complexity index is 808. The van der Waals surface area contributed by atoms with Crippen LogP contribution in [0.1, 0.15) is 40.8 Å². The van der Waals surface area contributed by atoms with Gasteiger partial charge in [-0.1, -0.05) is 0 Å². The monoisotopic (exact) mass is 339 g/mol. The van der Waals surface area contributed by atoms with Gasteiger partial charge in [0.25, 0.3) is 5.91 Å². The van der Waals surface area contributed by atoms with Gasteiger partial charge in [0.2, 0.25) is 0 Å². The summed E-state index contributed by atoms with van der Waals surface area (Å²) in [5.74, 6) is -7.98. The molecule has 1 amide bonds. The highest BCUT2D eigenvalue weighted by molar-refractivity contribution is 5.94. The van der Waals surface area contributed by atoms with Crippen molar-refractivity contribution >= 4 is 5.91 Å². The Hall–Kier alpha value is -2.51. The number of nitrogens with zero attached hydrogens (tertiary/aromatic N) is 2. The van der Waals surface area contributed by atoms with E-state index in [2.05, 4.69) is 15.3 Å². The maximum atomic E-state index is 13.8. The lowest BCUT2D eigenvalue weighted by molar-refractivity contribution is 0.0923. The van der Waals surface area contributed by atoms with Crippen LogP contribution >= 0.6 is 0 Å². The lowest BCUT2D eigenvalue weighted by atomic mass is 10.1. The Morgan fingerprint density at radius 1 is 1.21 bits per heavy atom. The van der Waals surface area contributed by atoms with Gasteiger partial charge in [-0.2, -0.15) is 0 Å². The number of aromatic nitrogens is 2. The summed E-state index contributed by atoms with van der Waals surface area (Å²) in [4.78, 5) is 20.5. The van der Waals surface area contributed by atoms with Gasteiger partial charge in [-0.3, -0.25) is 4.79 Å². The zero-order valence-corrected chi connectivity index (χ0v) is 12.6. The fourth-order valence-corrected chi connectivity index (χ4v) is 2.40.